The Morgan fingerprint density at radius 3 is 1.75 bits per heavy atom. The molecule has 0 heterocycles. The molecule has 0 amide bonds. The zero-order valence-electron chi connectivity index (χ0n) is 7.18. The summed E-state index contributed by atoms with van der Waals surface area (Å²) in [5, 5.41) is 19.7. The smallest absolute Gasteiger partial charge is 1.00 e. The van der Waals surface area contributed by atoms with Crippen LogP contribution in [0.1, 0.15) is 1.43 Å². The molecule has 64 valence electrons. The molecule has 0 aliphatic heterocycles. The van der Waals surface area contributed by atoms with Crippen LogP contribution in [0, 0.1) is 20.2 Å². The Kier molecular flexibility index (Phi) is 7.46. The molecule has 12 heavy (non-hydrogen) atoms. The fourth-order valence-electron chi connectivity index (χ4n) is 0.328. The SMILES string of the molecule is NNC(N)=C([N+](=O)[O-])[N+](=O)[O-].[H-].[K+]. The third kappa shape index (κ3) is 3.94. The molecule has 0 aromatic carbocycles. The van der Waals surface area contributed by atoms with Crippen LogP contribution in [0.2, 0.25) is 0 Å². The van der Waals surface area contributed by atoms with E-state index in [1.54, 1.807) is 5.43 Å². The van der Waals surface area contributed by atoms with Crippen molar-refractivity contribution in [3.63, 3.8) is 0 Å². The number of hydrogen-bond donors (Lipinski definition) is 3. The number of rotatable bonds is 3. The molecule has 0 rings (SSSR count). The van der Waals surface area contributed by atoms with Crippen LogP contribution in [0.3, 0.4) is 0 Å². The molecule has 0 spiro atoms. The van der Waals surface area contributed by atoms with Crippen LogP contribution in [0.25, 0.3) is 0 Å². The van der Waals surface area contributed by atoms with Gasteiger partial charge >= 0.3 is 57.2 Å². The van der Waals surface area contributed by atoms with Crippen molar-refractivity contribution in [1.29, 1.82) is 0 Å². The monoisotopic (exact) mass is 203 g/mol. The molecule has 0 radical (unpaired) electrons. The van der Waals surface area contributed by atoms with Gasteiger partial charge in [0.05, 0.1) is 0 Å². The predicted octanol–water partition coefficient (Wildman–Crippen LogP) is -4.80. The van der Waals surface area contributed by atoms with Gasteiger partial charge in [0.25, 0.3) is 5.82 Å². The van der Waals surface area contributed by atoms with E-state index in [4.69, 9.17) is 5.73 Å². The Morgan fingerprint density at radius 2 is 1.67 bits per heavy atom. The summed E-state index contributed by atoms with van der Waals surface area (Å²) in [4.78, 5) is 17.3. The van der Waals surface area contributed by atoms with E-state index >= 15 is 0 Å². The second kappa shape index (κ2) is 6.27. The van der Waals surface area contributed by atoms with Gasteiger partial charge in [-0.3, -0.25) is 25.7 Å². The molecule has 5 N–H and O–H groups in total. The molecule has 9 nitrogen and oxygen atoms in total. The van der Waals surface area contributed by atoms with E-state index in [0.29, 0.717) is 0 Å². The molecule has 0 unspecified atom stereocenters. The molecule has 0 aromatic rings. The maximum Gasteiger partial charge on any atom is 1.00 e. The Bertz CT molecular complexity index is 215. The summed E-state index contributed by atoms with van der Waals surface area (Å²) < 4.78 is 0. The van der Waals surface area contributed by atoms with Gasteiger partial charge in [-0.1, -0.05) is 0 Å². The van der Waals surface area contributed by atoms with Crippen molar-refractivity contribution < 1.29 is 62.7 Å². The fraction of sp³-hybridized carbons (Fsp3) is 0. The summed E-state index contributed by atoms with van der Waals surface area (Å²) in [6, 6.07) is 0. The standard InChI is InChI=1S/C2H5N5O4.K.H/c3-1(5-4)2(6(8)9)7(10)11;;/h5H,3-4H2;;/q;+1;-1. The van der Waals surface area contributed by atoms with Gasteiger partial charge in [0, 0.05) is 0 Å². The Morgan fingerprint density at radius 1 is 1.33 bits per heavy atom. The maximum atomic E-state index is 9.87. The van der Waals surface area contributed by atoms with E-state index in [1.165, 1.54) is 0 Å². The van der Waals surface area contributed by atoms with E-state index in [1.807, 2.05) is 0 Å². The third-order valence-corrected chi connectivity index (χ3v) is 0.742. The first kappa shape index (κ1) is 14.3. The molecule has 0 saturated heterocycles. The van der Waals surface area contributed by atoms with Gasteiger partial charge in [-0.05, 0) is 0 Å². The largest absolute Gasteiger partial charge is 1.00 e. The summed E-state index contributed by atoms with van der Waals surface area (Å²) >= 11 is 0. The summed E-state index contributed by atoms with van der Waals surface area (Å²) in [5.41, 5.74) is 6.38. The molecule has 0 aliphatic carbocycles. The molecule has 0 aromatic heterocycles. The first-order valence-electron chi connectivity index (χ1n) is 2.25. The van der Waals surface area contributed by atoms with Gasteiger partial charge in [0.2, 0.25) is 0 Å². The summed E-state index contributed by atoms with van der Waals surface area (Å²) in [5.74, 6) is 2.45. The van der Waals surface area contributed by atoms with E-state index in [-0.39, 0.29) is 52.8 Å². The fourth-order valence-corrected chi connectivity index (χ4v) is 0.328. The topological polar surface area (TPSA) is 150 Å². The number of nitro groups is 2. The second-order valence-electron chi connectivity index (χ2n) is 1.40. The van der Waals surface area contributed by atoms with Crippen molar-refractivity contribution >= 4 is 0 Å². The Balaban J connectivity index is -0.000000500. The average molecular weight is 203 g/mol. The van der Waals surface area contributed by atoms with Crippen LogP contribution in [0.15, 0.2) is 11.6 Å². The van der Waals surface area contributed by atoms with E-state index in [0.717, 1.165) is 0 Å². The first-order chi connectivity index (χ1) is 5.00. The molecule has 10 heteroatoms. The molecule has 0 atom stereocenters. The van der Waals surface area contributed by atoms with Crippen LogP contribution < -0.4 is 68.4 Å². The number of nitrogens with two attached hydrogens (primary N) is 2. The number of nitrogens with one attached hydrogen (secondary N) is 1. The van der Waals surface area contributed by atoms with Crippen LogP contribution in [-0.2, 0) is 0 Å². The van der Waals surface area contributed by atoms with Crippen LogP contribution >= 0.6 is 0 Å². The van der Waals surface area contributed by atoms with Crippen molar-refractivity contribution in [3.05, 3.63) is 31.9 Å². The summed E-state index contributed by atoms with van der Waals surface area (Å²) in [6.45, 7) is 0. The Hall–Kier alpha value is -0.264. The van der Waals surface area contributed by atoms with Gasteiger partial charge in [-0.2, -0.15) is 0 Å². The number of hydrogen-bond acceptors (Lipinski definition) is 7. The van der Waals surface area contributed by atoms with E-state index < -0.39 is 21.5 Å². The van der Waals surface area contributed by atoms with Gasteiger partial charge in [-0.15, -0.1) is 0 Å². The van der Waals surface area contributed by atoms with Gasteiger partial charge in [0.15, 0.2) is 0 Å². The minimum absolute atomic E-state index is 0. The van der Waals surface area contributed by atoms with Crippen molar-refractivity contribution in [2.75, 3.05) is 0 Å². The second-order valence-corrected chi connectivity index (χ2v) is 1.40. The third-order valence-electron chi connectivity index (χ3n) is 0.742. The summed E-state index contributed by atoms with van der Waals surface area (Å²) in [6.07, 6.45) is 0. The predicted molar refractivity (Wildman–Crippen MR) is 33.6 cm³/mol. The van der Waals surface area contributed by atoms with Crippen LogP contribution in [0.5, 0.6) is 0 Å². The van der Waals surface area contributed by atoms with Gasteiger partial charge in [-0.25, -0.2) is 5.84 Å². The molecular formula is C2H6KN5O4. The van der Waals surface area contributed by atoms with Crippen molar-refractivity contribution in [2.24, 2.45) is 11.6 Å². The van der Waals surface area contributed by atoms with Crippen molar-refractivity contribution in [2.45, 2.75) is 0 Å². The summed E-state index contributed by atoms with van der Waals surface area (Å²) in [7, 11) is 0. The zero-order chi connectivity index (χ0) is 9.02. The minimum atomic E-state index is -1.37. The maximum absolute atomic E-state index is 9.87. The normalized spacial score (nSPS) is 7.75. The average Bonchev–Trinajstić information content (AvgIpc) is 1.85. The Labute approximate surface area is 110 Å². The van der Waals surface area contributed by atoms with Gasteiger partial charge < -0.3 is 7.16 Å². The number of hydrazine groups is 1. The zero-order valence-corrected chi connectivity index (χ0v) is 9.31. The first-order valence-corrected chi connectivity index (χ1v) is 2.25. The minimum Gasteiger partial charge on any atom is -1.00 e. The molecule has 0 saturated carbocycles. The molecular weight excluding hydrogens is 197 g/mol. The quantitative estimate of drug-likeness (QED) is 0.180. The van der Waals surface area contributed by atoms with Gasteiger partial charge in [0.1, 0.15) is 9.85 Å². The van der Waals surface area contributed by atoms with E-state index in [2.05, 4.69) is 5.84 Å². The van der Waals surface area contributed by atoms with Crippen LogP contribution in [0.4, 0.5) is 0 Å². The molecule has 0 bridgehead atoms. The van der Waals surface area contributed by atoms with E-state index in [9.17, 15) is 20.2 Å². The van der Waals surface area contributed by atoms with Crippen molar-refractivity contribution in [1.82, 2.24) is 5.43 Å². The molecule has 0 fully saturated rings. The van der Waals surface area contributed by atoms with Crippen LogP contribution in [-0.4, -0.2) is 9.85 Å². The number of nitrogens with zero attached hydrogens (tertiary/aromatic N) is 2. The molecule has 0 aliphatic rings. The van der Waals surface area contributed by atoms with Crippen molar-refractivity contribution in [3.8, 4) is 0 Å².